The van der Waals surface area contributed by atoms with Gasteiger partial charge in [0.2, 0.25) is 0 Å². The molecule has 9 heteroatoms. The molecule has 0 bridgehead atoms. The smallest absolute Gasteiger partial charge is 0.297 e. The van der Waals surface area contributed by atoms with Crippen molar-refractivity contribution in [2.24, 2.45) is 0 Å². The summed E-state index contributed by atoms with van der Waals surface area (Å²) >= 11 is 5.41. The van der Waals surface area contributed by atoms with Crippen LogP contribution in [0, 0.1) is 5.82 Å². The number of aromatic amines is 1. The largest absolute Gasteiger partial charge is 0.416 e. The molecule has 1 aromatic heterocycles. The Hall–Kier alpha value is -2.09. The van der Waals surface area contributed by atoms with Crippen LogP contribution < -0.4 is 11.2 Å². The van der Waals surface area contributed by atoms with Crippen molar-refractivity contribution in [3.05, 3.63) is 61.6 Å². The van der Waals surface area contributed by atoms with Crippen molar-refractivity contribution >= 4 is 11.6 Å². The lowest BCUT2D eigenvalue weighted by atomic mass is 10.2. The first-order chi connectivity index (χ1) is 9.20. The van der Waals surface area contributed by atoms with Crippen molar-refractivity contribution in [1.82, 2.24) is 9.55 Å². The molecular weight excluding hydrogens is 304 g/mol. The summed E-state index contributed by atoms with van der Waals surface area (Å²) in [4.78, 5) is 25.1. The van der Waals surface area contributed by atoms with Crippen molar-refractivity contribution in [2.75, 3.05) is 0 Å². The van der Waals surface area contributed by atoms with Crippen LogP contribution in [-0.2, 0) is 6.18 Å². The van der Waals surface area contributed by atoms with E-state index in [9.17, 15) is 27.2 Å². The molecule has 1 N–H and O–H groups in total. The summed E-state index contributed by atoms with van der Waals surface area (Å²) in [5, 5.41) is -0.302. The quantitative estimate of drug-likeness (QED) is 0.649. The van der Waals surface area contributed by atoms with Gasteiger partial charge in [0, 0.05) is 6.07 Å². The molecule has 0 spiro atoms. The Morgan fingerprint density at radius 2 is 1.80 bits per heavy atom. The molecule has 0 fully saturated rings. The lowest BCUT2D eigenvalue weighted by Gasteiger charge is -2.10. The number of benzene rings is 1. The highest BCUT2D eigenvalue weighted by Gasteiger charge is 2.31. The van der Waals surface area contributed by atoms with Gasteiger partial charge in [-0.1, -0.05) is 11.6 Å². The van der Waals surface area contributed by atoms with E-state index in [1.165, 1.54) is 0 Å². The highest BCUT2D eigenvalue weighted by atomic mass is 35.5. The molecule has 0 unspecified atom stereocenters. The van der Waals surface area contributed by atoms with E-state index in [4.69, 9.17) is 11.6 Å². The van der Waals surface area contributed by atoms with Gasteiger partial charge in [-0.15, -0.1) is 0 Å². The van der Waals surface area contributed by atoms with Crippen molar-refractivity contribution in [3.8, 4) is 5.69 Å². The fourth-order valence-corrected chi connectivity index (χ4v) is 1.73. The Morgan fingerprint density at radius 1 is 1.15 bits per heavy atom. The van der Waals surface area contributed by atoms with Gasteiger partial charge >= 0.3 is 11.9 Å². The number of alkyl halides is 3. The lowest BCUT2D eigenvalue weighted by Crippen LogP contribution is -2.33. The fraction of sp³-hybridized carbons (Fsp3) is 0.0909. The Morgan fingerprint density at radius 3 is 2.35 bits per heavy atom. The van der Waals surface area contributed by atoms with Crippen LogP contribution in [-0.4, -0.2) is 9.55 Å². The summed E-state index contributed by atoms with van der Waals surface area (Å²) in [5.41, 5.74) is -4.17. The van der Waals surface area contributed by atoms with E-state index in [-0.39, 0.29) is 9.72 Å². The van der Waals surface area contributed by atoms with Gasteiger partial charge in [-0.25, -0.2) is 13.8 Å². The highest BCUT2D eigenvalue weighted by molar-refractivity contribution is 6.29. The predicted octanol–water partition coefficient (Wildman–Crippen LogP) is 2.34. The Balaban J connectivity index is 2.77. The second-order valence-corrected chi connectivity index (χ2v) is 4.17. The predicted molar refractivity (Wildman–Crippen MR) is 62.6 cm³/mol. The molecule has 0 atom stereocenters. The summed E-state index contributed by atoms with van der Waals surface area (Å²) in [5.74, 6) is -1.15. The van der Waals surface area contributed by atoms with Crippen molar-refractivity contribution in [3.63, 3.8) is 0 Å². The maximum absolute atomic E-state index is 13.6. The van der Waals surface area contributed by atoms with Crippen LogP contribution in [0.5, 0.6) is 0 Å². The molecule has 0 saturated carbocycles. The second kappa shape index (κ2) is 4.78. The summed E-state index contributed by atoms with van der Waals surface area (Å²) in [6.07, 6.45) is -4.73. The van der Waals surface area contributed by atoms with Gasteiger partial charge in [0.1, 0.15) is 11.0 Å². The summed E-state index contributed by atoms with van der Waals surface area (Å²) < 4.78 is 51.5. The summed E-state index contributed by atoms with van der Waals surface area (Å²) in [7, 11) is 0. The number of hydrogen-bond acceptors (Lipinski definition) is 2. The Bertz CT molecular complexity index is 748. The number of halogens is 5. The van der Waals surface area contributed by atoms with Gasteiger partial charge < -0.3 is 0 Å². The number of rotatable bonds is 1. The van der Waals surface area contributed by atoms with E-state index in [1.807, 2.05) is 4.98 Å². The molecule has 1 heterocycles. The molecule has 106 valence electrons. The van der Waals surface area contributed by atoms with Crippen LogP contribution in [0.4, 0.5) is 17.6 Å². The second-order valence-electron chi connectivity index (χ2n) is 3.76. The molecule has 0 radical (unpaired) electrons. The van der Waals surface area contributed by atoms with E-state index < -0.39 is 34.5 Å². The third-order valence-electron chi connectivity index (χ3n) is 2.41. The minimum Gasteiger partial charge on any atom is -0.297 e. The van der Waals surface area contributed by atoms with Gasteiger partial charge in [-0.05, 0) is 18.2 Å². The first kappa shape index (κ1) is 14.3. The van der Waals surface area contributed by atoms with Crippen molar-refractivity contribution < 1.29 is 17.6 Å². The number of H-pyrrole nitrogens is 1. The zero-order valence-electron chi connectivity index (χ0n) is 9.46. The standard InChI is InChI=1S/C11H5ClF4N2O2/c12-8-4-9(19)18(10(20)17-8)7-3-5(11(14,15)16)1-2-6(7)13/h1-4H,(H,17,20). The van der Waals surface area contributed by atoms with Crippen LogP contribution in [0.1, 0.15) is 5.56 Å². The van der Waals surface area contributed by atoms with E-state index in [0.29, 0.717) is 18.2 Å². The van der Waals surface area contributed by atoms with E-state index in [0.717, 1.165) is 6.07 Å². The van der Waals surface area contributed by atoms with Gasteiger partial charge in [-0.3, -0.25) is 9.78 Å². The molecule has 0 amide bonds. The Kier molecular flexibility index (Phi) is 3.43. The van der Waals surface area contributed by atoms with E-state index in [2.05, 4.69) is 0 Å². The van der Waals surface area contributed by atoms with E-state index >= 15 is 0 Å². The maximum Gasteiger partial charge on any atom is 0.416 e. The molecule has 4 nitrogen and oxygen atoms in total. The molecule has 20 heavy (non-hydrogen) atoms. The molecule has 0 aliphatic rings. The molecule has 0 saturated heterocycles. The SMILES string of the molecule is O=c1cc(Cl)[nH]c(=O)n1-c1cc(C(F)(F)F)ccc1F. The third-order valence-corrected chi connectivity index (χ3v) is 2.62. The van der Waals surface area contributed by atoms with Crippen LogP contribution in [0.2, 0.25) is 5.15 Å². The van der Waals surface area contributed by atoms with Crippen LogP contribution in [0.25, 0.3) is 5.69 Å². The maximum atomic E-state index is 13.6. The topological polar surface area (TPSA) is 54.9 Å². The Labute approximate surface area is 113 Å². The van der Waals surface area contributed by atoms with Gasteiger partial charge in [0.15, 0.2) is 0 Å². The van der Waals surface area contributed by atoms with Gasteiger partial charge in [-0.2, -0.15) is 13.2 Å². The molecule has 0 aliphatic carbocycles. The zero-order chi connectivity index (χ0) is 15.1. The first-order valence-electron chi connectivity index (χ1n) is 5.09. The lowest BCUT2D eigenvalue weighted by molar-refractivity contribution is -0.137. The third kappa shape index (κ3) is 2.60. The molecule has 0 aliphatic heterocycles. The fourth-order valence-electron chi connectivity index (χ4n) is 1.56. The molecule has 2 aromatic rings. The zero-order valence-corrected chi connectivity index (χ0v) is 10.2. The van der Waals surface area contributed by atoms with Gasteiger partial charge in [0.05, 0.1) is 11.3 Å². The van der Waals surface area contributed by atoms with Crippen LogP contribution >= 0.6 is 11.6 Å². The van der Waals surface area contributed by atoms with Crippen LogP contribution in [0.15, 0.2) is 33.9 Å². The summed E-state index contributed by atoms with van der Waals surface area (Å²) in [6.45, 7) is 0. The minimum atomic E-state index is -4.73. The average molecular weight is 309 g/mol. The van der Waals surface area contributed by atoms with Crippen LogP contribution in [0.3, 0.4) is 0 Å². The highest BCUT2D eigenvalue weighted by Crippen LogP contribution is 2.30. The molecule has 2 rings (SSSR count). The van der Waals surface area contributed by atoms with Crippen molar-refractivity contribution in [2.45, 2.75) is 6.18 Å². The molecular formula is C11H5ClF4N2O2. The first-order valence-corrected chi connectivity index (χ1v) is 5.47. The van der Waals surface area contributed by atoms with Crippen molar-refractivity contribution in [1.29, 1.82) is 0 Å². The van der Waals surface area contributed by atoms with Gasteiger partial charge in [0.25, 0.3) is 5.56 Å². The minimum absolute atomic E-state index is 0.233. The average Bonchev–Trinajstić information content (AvgIpc) is 2.28. The number of hydrogen-bond donors (Lipinski definition) is 1. The normalized spacial score (nSPS) is 11.7. The number of nitrogens with one attached hydrogen (secondary N) is 1. The molecule has 1 aromatic carbocycles. The number of nitrogens with zero attached hydrogens (tertiary/aromatic N) is 1. The summed E-state index contributed by atoms with van der Waals surface area (Å²) in [6, 6.07) is 2.16. The van der Waals surface area contributed by atoms with E-state index in [1.54, 1.807) is 0 Å². The number of aromatic nitrogens is 2. The monoisotopic (exact) mass is 308 g/mol.